The zero-order valence-electron chi connectivity index (χ0n) is 11.6. The van der Waals surface area contributed by atoms with Crippen LogP contribution in [-0.4, -0.2) is 31.0 Å². The van der Waals surface area contributed by atoms with Gasteiger partial charge in [-0.25, -0.2) is 0 Å². The molecule has 0 bridgehead atoms. The lowest BCUT2D eigenvalue weighted by molar-refractivity contribution is 0.0315. The van der Waals surface area contributed by atoms with Crippen LogP contribution in [0.4, 0.5) is 0 Å². The Kier molecular flexibility index (Phi) is 6.12. The summed E-state index contributed by atoms with van der Waals surface area (Å²) in [4.78, 5) is 0. The molecule has 20 heavy (non-hydrogen) atoms. The van der Waals surface area contributed by atoms with Gasteiger partial charge in [0, 0.05) is 29.2 Å². The van der Waals surface area contributed by atoms with Crippen LogP contribution < -0.4 is 5.32 Å². The maximum atomic E-state index is 9.85. The summed E-state index contributed by atoms with van der Waals surface area (Å²) < 4.78 is 5.46. The molecule has 3 nitrogen and oxygen atoms in total. The molecule has 1 saturated carbocycles. The molecule has 1 aromatic rings. The minimum Gasteiger partial charge on any atom is -0.389 e. The van der Waals surface area contributed by atoms with E-state index in [0.717, 1.165) is 18.1 Å². The normalized spacial score (nSPS) is 18.0. The van der Waals surface area contributed by atoms with E-state index < -0.39 is 6.10 Å². The van der Waals surface area contributed by atoms with Crippen LogP contribution in [0.1, 0.15) is 31.4 Å². The monoisotopic (exact) mass is 317 g/mol. The second-order valence-electron chi connectivity index (χ2n) is 5.43. The first-order chi connectivity index (χ1) is 9.56. The third-order valence-electron chi connectivity index (χ3n) is 3.45. The molecule has 1 fully saturated rings. The molecule has 1 aliphatic rings. The molecule has 2 unspecified atom stereocenters. The maximum absolute atomic E-state index is 9.85. The highest BCUT2D eigenvalue weighted by Gasteiger charge is 2.21. The number of aliphatic hydroxyl groups excluding tert-OH is 1. The quantitative estimate of drug-likeness (QED) is 0.771. The second kappa shape index (κ2) is 7.62. The summed E-state index contributed by atoms with van der Waals surface area (Å²) in [6, 6.07) is 5.50. The first-order valence-corrected chi connectivity index (χ1v) is 7.76. The van der Waals surface area contributed by atoms with Crippen molar-refractivity contribution in [1.82, 2.24) is 5.32 Å². The summed E-state index contributed by atoms with van der Waals surface area (Å²) in [5.74, 6) is 0.724. The standard InChI is InChI=1S/C15H21Cl2NO2/c1-10(14-5-4-12(16)6-15(14)17)18-7-13(19)9-20-8-11-2-3-11/h4-6,10-11,13,18-19H,2-3,7-9H2,1H3. The van der Waals surface area contributed by atoms with E-state index in [1.807, 2.05) is 19.1 Å². The zero-order valence-corrected chi connectivity index (χ0v) is 13.1. The second-order valence-corrected chi connectivity index (χ2v) is 6.27. The van der Waals surface area contributed by atoms with Gasteiger partial charge in [0.05, 0.1) is 12.7 Å². The van der Waals surface area contributed by atoms with E-state index in [0.29, 0.717) is 23.2 Å². The number of nitrogens with one attached hydrogen (secondary N) is 1. The Hall–Kier alpha value is -0.320. The molecule has 0 spiro atoms. The molecule has 0 radical (unpaired) electrons. The van der Waals surface area contributed by atoms with Crippen molar-refractivity contribution in [3.8, 4) is 0 Å². The molecule has 2 atom stereocenters. The molecule has 2 N–H and O–H groups in total. The minimum absolute atomic E-state index is 0.0536. The molecular formula is C15H21Cl2NO2. The van der Waals surface area contributed by atoms with Gasteiger partial charge >= 0.3 is 0 Å². The molecule has 0 saturated heterocycles. The van der Waals surface area contributed by atoms with Gasteiger partial charge in [-0.1, -0.05) is 29.3 Å². The summed E-state index contributed by atoms with van der Waals surface area (Å²) >= 11 is 12.0. The molecule has 2 rings (SSSR count). The molecular weight excluding hydrogens is 297 g/mol. The maximum Gasteiger partial charge on any atom is 0.0897 e. The highest BCUT2D eigenvalue weighted by molar-refractivity contribution is 6.35. The summed E-state index contributed by atoms with van der Waals surface area (Å²) in [6.45, 7) is 3.64. The van der Waals surface area contributed by atoms with E-state index in [4.69, 9.17) is 27.9 Å². The van der Waals surface area contributed by atoms with Gasteiger partial charge in [-0.05, 0) is 43.4 Å². The van der Waals surface area contributed by atoms with Crippen molar-refractivity contribution in [2.45, 2.75) is 31.9 Å². The fraction of sp³-hybridized carbons (Fsp3) is 0.600. The summed E-state index contributed by atoms with van der Waals surface area (Å²) in [5, 5.41) is 14.4. The average Bonchev–Trinajstić information content (AvgIpc) is 3.20. The Balaban J connectivity index is 1.71. The van der Waals surface area contributed by atoms with Gasteiger partial charge in [0.25, 0.3) is 0 Å². The van der Waals surface area contributed by atoms with Crippen molar-refractivity contribution < 1.29 is 9.84 Å². The molecule has 0 aliphatic heterocycles. The molecule has 1 aromatic carbocycles. The largest absolute Gasteiger partial charge is 0.389 e. The average molecular weight is 318 g/mol. The van der Waals surface area contributed by atoms with E-state index in [-0.39, 0.29) is 6.04 Å². The van der Waals surface area contributed by atoms with Crippen LogP contribution in [0.3, 0.4) is 0 Å². The summed E-state index contributed by atoms with van der Waals surface area (Å²) in [7, 11) is 0. The Morgan fingerprint density at radius 2 is 2.15 bits per heavy atom. The first kappa shape index (κ1) is 16.1. The van der Waals surface area contributed by atoms with Gasteiger partial charge < -0.3 is 15.2 Å². The molecule has 0 amide bonds. The van der Waals surface area contributed by atoms with Crippen LogP contribution >= 0.6 is 23.2 Å². The predicted molar refractivity (Wildman–Crippen MR) is 82.4 cm³/mol. The van der Waals surface area contributed by atoms with E-state index in [9.17, 15) is 5.11 Å². The Morgan fingerprint density at radius 1 is 1.40 bits per heavy atom. The number of ether oxygens (including phenoxy) is 1. The molecule has 1 aliphatic carbocycles. The zero-order chi connectivity index (χ0) is 14.5. The lowest BCUT2D eigenvalue weighted by Crippen LogP contribution is -2.32. The number of hydrogen-bond donors (Lipinski definition) is 2. The van der Waals surface area contributed by atoms with Crippen LogP contribution in [0.25, 0.3) is 0 Å². The SMILES string of the molecule is CC(NCC(O)COCC1CC1)c1ccc(Cl)cc1Cl. The van der Waals surface area contributed by atoms with E-state index in [1.165, 1.54) is 12.8 Å². The van der Waals surface area contributed by atoms with Gasteiger partial charge in [-0.15, -0.1) is 0 Å². The third kappa shape index (κ3) is 5.23. The highest BCUT2D eigenvalue weighted by atomic mass is 35.5. The van der Waals surface area contributed by atoms with Crippen LogP contribution in [-0.2, 0) is 4.74 Å². The number of hydrogen-bond acceptors (Lipinski definition) is 3. The van der Waals surface area contributed by atoms with Crippen molar-refractivity contribution in [2.24, 2.45) is 5.92 Å². The highest BCUT2D eigenvalue weighted by Crippen LogP contribution is 2.29. The van der Waals surface area contributed by atoms with E-state index in [2.05, 4.69) is 5.32 Å². The smallest absolute Gasteiger partial charge is 0.0897 e. The first-order valence-electron chi connectivity index (χ1n) is 7.00. The van der Waals surface area contributed by atoms with Crippen molar-refractivity contribution in [3.63, 3.8) is 0 Å². The van der Waals surface area contributed by atoms with Crippen LogP contribution in [0.15, 0.2) is 18.2 Å². The van der Waals surface area contributed by atoms with Crippen LogP contribution in [0, 0.1) is 5.92 Å². The van der Waals surface area contributed by atoms with Crippen molar-refractivity contribution in [2.75, 3.05) is 19.8 Å². The Bertz CT molecular complexity index is 438. The number of aliphatic hydroxyl groups is 1. The van der Waals surface area contributed by atoms with Crippen LogP contribution in [0.5, 0.6) is 0 Å². The fourth-order valence-electron chi connectivity index (χ4n) is 1.99. The van der Waals surface area contributed by atoms with Crippen LogP contribution in [0.2, 0.25) is 10.0 Å². The van der Waals surface area contributed by atoms with Crippen molar-refractivity contribution >= 4 is 23.2 Å². The molecule has 0 heterocycles. The number of halogens is 2. The van der Waals surface area contributed by atoms with Gasteiger partial charge in [-0.2, -0.15) is 0 Å². The molecule has 5 heteroatoms. The topological polar surface area (TPSA) is 41.5 Å². The van der Waals surface area contributed by atoms with Gasteiger partial charge in [0.2, 0.25) is 0 Å². The third-order valence-corrected chi connectivity index (χ3v) is 4.01. The van der Waals surface area contributed by atoms with Gasteiger partial charge in [0.1, 0.15) is 0 Å². The Morgan fingerprint density at radius 3 is 2.80 bits per heavy atom. The number of rotatable bonds is 8. The van der Waals surface area contributed by atoms with Crippen molar-refractivity contribution in [1.29, 1.82) is 0 Å². The minimum atomic E-state index is -0.498. The molecule has 112 valence electrons. The van der Waals surface area contributed by atoms with E-state index >= 15 is 0 Å². The Labute approximate surface area is 130 Å². The summed E-state index contributed by atoms with van der Waals surface area (Å²) in [6.07, 6.45) is 2.03. The lowest BCUT2D eigenvalue weighted by Gasteiger charge is -2.18. The van der Waals surface area contributed by atoms with Gasteiger partial charge in [-0.3, -0.25) is 0 Å². The van der Waals surface area contributed by atoms with Crippen molar-refractivity contribution in [3.05, 3.63) is 33.8 Å². The lowest BCUT2D eigenvalue weighted by atomic mass is 10.1. The predicted octanol–water partition coefficient (Wildman–Crippen LogP) is 3.43. The van der Waals surface area contributed by atoms with Gasteiger partial charge in [0.15, 0.2) is 0 Å². The fourth-order valence-corrected chi connectivity index (χ4v) is 2.56. The number of benzene rings is 1. The summed E-state index contributed by atoms with van der Waals surface area (Å²) in [5.41, 5.74) is 0.974. The van der Waals surface area contributed by atoms with E-state index in [1.54, 1.807) is 6.07 Å². The molecule has 0 aromatic heterocycles.